The molecule has 0 saturated carbocycles. The molecule has 4 heterocycles. The number of likely N-dealkylation sites (tertiary alicyclic amines) is 1. The zero-order chi connectivity index (χ0) is 17.9. The summed E-state index contributed by atoms with van der Waals surface area (Å²) in [6, 6.07) is 3.71. The Kier molecular flexibility index (Phi) is 4.97. The second-order valence-corrected chi connectivity index (χ2v) is 7.13. The summed E-state index contributed by atoms with van der Waals surface area (Å²) in [5.41, 5.74) is 1.56. The van der Waals surface area contributed by atoms with Crippen LogP contribution < -0.4 is 0 Å². The summed E-state index contributed by atoms with van der Waals surface area (Å²) in [6.45, 7) is 4.85. The number of pyridine rings is 1. The largest absolute Gasteiger partial charge is 0.381 e. The Morgan fingerprint density at radius 3 is 2.58 bits per heavy atom. The van der Waals surface area contributed by atoms with Crippen molar-refractivity contribution in [2.45, 2.75) is 44.4 Å². The van der Waals surface area contributed by atoms with Gasteiger partial charge >= 0.3 is 0 Å². The van der Waals surface area contributed by atoms with Crippen molar-refractivity contribution < 1.29 is 14.1 Å². The van der Waals surface area contributed by atoms with Gasteiger partial charge in [0.1, 0.15) is 0 Å². The summed E-state index contributed by atoms with van der Waals surface area (Å²) in [4.78, 5) is 23.3. The van der Waals surface area contributed by atoms with Crippen LogP contribution in [0.25, 0.3) is 0 Å². The first-order valence-corrected chi connectivity index (χ1v) is 9.34. The molecule has 0 aromatic carbocycles. The van der Waals surface area contributed by atoms with Crippen molar-refractivity contribution in [3.8, 4) is 0 Å². The van der Waals surface area contributed by atoms with Gasteiger partial charge in [0.25, 0.3) is 5.91 Å². The molecule has 2 aliphatic rings. The van der Waals surface area contributed by atoms with Crippen molar-refractivity contribution in [1.29, 1.82) is 0 Å². The van der Waals surface area contributed by atoms with Gasteiger partial charge in [0.2, 0.25) is 5.89 Å². The fourth-order valence-corrected chi connectivity index (χ4v) is 3.64. The van der Waals surface area contributed by atoms with E-state index in [9.17, 15) is 4.79 Å². The molecule has 2 fully saturated rings. The number of hydrogen-bond donors (Lipinski definition) is 0. The lowest BCUT2D eigenvalue weighted by Gasteiger charge is -2.30. The van der Waals surface area contributed by atoms with Crippen molar-refractivity contribution in [2.24, 2.45) is 0 Å². The van der Waals surface area contributed by atoms with Gasteiger partial charge in [-0.15, -0.1) is 0 Å². The minimum Gasteiger partial charge on any atom is -0.381 e. The highest BCUT2D eigenvalue weighted by molar-refractivity contribution is 5.94. The average Bonchev–Trinajstić information content (AvgIpc) is 3.19. The number of rotatable bonds is 3. The summed E-state index contributed by atoms with van der Waals surface area (Å²) in [5.74, 6) is 2.15. The Morgan fingerprint density at radius 1 is 1.12 bits per heavy atom. The van der Waals surface area contributed by atoms with Gasteiger partial charge in [0.05, 0.1) is 5.56 Å². The SMILES string of the molecule is Cc1ccc(C(=O)N2CCC(c3nc(C4CCOCC4)no3)CC2)cn1. The normalized spacial score (nSPS) is 19.7. The third-order valence-electron chi connectivity index (χ3n) is 5.33. The minimum atomic E-state index is 0.0457. The zero-order valence-electron chi connectivity index (χ0n) is 15.1. The van der Waals surface area contributed by atoms with E-state index >= 15 is 0 Å². The average molecular weight is 356 g/mol. The van der Waals surface area contributed by atoms with Gasteiger partial charge < -0.3 is 14.2 Å². The third-order valence-corrected chi connectivity index (χ3v) is 5.33. The van der Waals surface area contributed by atoms with Crippen LogP contribution in [-0.2, 0) is 4.74 Å². The van der Waals surface area contributed by atoms with E-state index in [1.54, 1.807) is 6.20 Å². The molecule has 7 nitrogen and oxygen atoms in total. The molecule has 2 aromatic heterocycles. The molecule has 0 atom stereocenters. The number of hydrogen-bond acceptors (Lipinski definition) is 6. The van der Waals surface area contributed by atoms with E-state index in [1.807, 2.05) is 24.0 Å². The molecule has 0 spiro atoms. The Morgan fingerprint density at radius 2 is 1.88 bits per heavy atom. The first kappa shape index (κ1) is 17.1. The third kappa shape index (κ3) is 3.62. The smallest absolute Gasteiger partial charge is 0.255 e. The number of aromatic nitrogens is 3. The summed E-state index contributed by atoms with van der Waals surface area (Å²) in [6.07, 6.45) is 5.26. The van der Waals surface area contributed by atoms with Gasteiger partial charge in [0, 0.05) is 50.0 Å². The second kappa shape index (κ2) is 7.53. The van der Waals surface area contributed by atoms with Crippen molar-refractivity contribution in [3.05, 3.63) is 41.3 Å². The monoisotopic (exact) mass is 356 g/mol. The van der Waals surface area contributed by atoms with Crippen LogP contribution in [0.15, 0.2) is 22.9 Å². The lowest BCUT2D eigenvalue weighted by molar-refractivity contribution is 0.0704. The number of amides is 1. The van der Waals surface area contributed by atoms with Crippen LogP contribution in [0.4, 0.5) is 0 Å². The maximum absolute atomic E-state index is 12.6. The van der Waals surface area contributed by atoms with E-state index in [4.69, 9.17) is 9.26 Å². The molecule has 0 bridgehead atoms. The standard InChI is InChI=1S/C19H24N4O3/c1-13-2-3-16(12-20-13)19(24)23-8-4-15(5-9-23)18-21-17(22-26-18)14-6-10-25-11-7-14/h2-3,12,14-15H,4-11H2,1H3. The maximum Gasteiger partial charge on any atom is 0.255 e. The molecular formula is C19H24N4O3. The van der Waals surface area contributed by atoms with E-state index in [0.717, 1.165) is 56.3 Å². The molecule has 1 amide bonds. The zero-order valence-corrected chi connectivity index (χ0v) is 15.1. The van der Waals surface area contributed by atoms with Crippen LogP contribution in [0, 0.1) is 6.92 Å². The number of ether oxygens (including phenoxy) is 1. The predicted molar refractivity (Wildman–Crippen MR) is 93.9 cm³/mol. The molecular weight excluding hydrogens is 332 g/mol. The number of carbonyl (C=O) groups is 1. The highest BCUT2D eigenvalue weighted by Gasteiger charge is 2.29. The predicted octanol–water partition coefficient (Wildman–Crippen LogP) is 2.69. The van der Waals surface area contributed by atoms with Crippen molar-refractivity contribution in [2.75, 3.05) is 26.3 Å². The van der Waals surface area contributed by atoms with Gasteiger partial charge in [0.15, 0.2) is 5.82 Å². The number of aryl methyl sites for hydroxylation is 1. The van der Waals surface area contributed by atoms with Crippen LogP contribution in [0.3, 0.4) is 0 Å². The quantitative estimate of drug-likeness (QED) is 0.841. The molecule has 0 radical (unpaired) electrons. The van der Waals surface area contributed by atoms with Crippen LogP contribution in [0.2, 0.25) is 0 Å². The molecule has 2 saturated heterocycles. The molecule has 0 unspecified atom stereocenters. The second-order valence-electron chi connectivity index (χ2n) is 7.13. The Hall–Kier alpha value is -2.28. The molecule has 0 aliphatic carbocycles. The fourth-order valence-electron chi connectivity index (χ4n) is 3.64. The first-order chi connectivity index (χ1) is 12.7. The summed E-state index contributed by atoms with van der Waals surface area (Å²) in [7, 11) is 0. The maximum atomic E-state index is 12.6. The lowest BCUT2D eigenvalue weighted by Crippen LogP contribution is -2.38. The highest BCUT2D eigenvalue weighted by Crippen LogP contribution is 2.30. The molecule has 138 valence electrons. The summed E-state index contributed by atoms with van der Waals surface area (Å²) < 4.78 is 10.9. The van der Waals surface area contributed by atoms with E-state index in [1.165, 1.54) is 0 Å². The Labute approximate surface area is 152 Å². The Bertz CT molecular complexity index is 744. The van der Waals surface area contributed by atoms with Crippen LogP contribution in [0.5, 0.6) is 0 Å². The van der Waals surface area contributed by atoms with Crippen LogP contribution >= 0.6 is 0 Å². The van der Waals surface area contributed by atoms with E-state index in [0.29, 0.717) is 24.6 Å². The van der Waals surface area contributed by atoms with Gasteiger partial charge in [-0.05, 0) is 44.7 Å². The van der Waals surface area contributed by atoms with E-state index in [-0.39, 0.29) is 11.8 Å². The molecule has 2 aliphatic heterocycles. The fraction of sp³-hybridized carbons (Fsp3) is 0.579. The Balaban J connectivity index is 1.35. The molecule has 4 rings (SSSR count). The van der Waals surface area contributed by atoms with Crippen LogP contribution in [0.1, 0.15) is 65.3 Å². The van der Waals surface area contributed by atoms with Crippen molar-refractivity contribution in [3.63, 3.8) is 0 Å². The number of carbonyl (C=O) groups excluding carboxylic acids is 1. The summed E-state index contributed by atoms with van der Waals surface area (Å²) >= 11 is 0. The van der Waals surface area contributed by atoms with Crippen molar-refractivity contribution in [1.82, 2.24) is 20.0 Å². The van der Waals surface area contributed by atoms with Gasteiger partial charge in [-0.25, -0.2) is 0 Å². The van der Waals surface area contributed by atoms with Gasteiger partial charge in [-0.3, -0.25) is 9.78 Å². The summed E-state index contributed by atoms with van der Waals surface area (Å²) in [5, 5.41) is 4.19. The first-order valence-electron chi connectivity index (χ1n) is 9.34. The van der Waals surface area contributed by atoms with Crippen molar-refractivity contribution >= 4 is 5.91 Å². The topological polar surface area (TPSA) is 81.4 Å². The molecule has 7 heteroatoms. The van der Waals surface area contributed by atoms with Gasteiger partial charge in [-0.1, -0.05) is 5.16 Å². The lowest BCUT2D eigenvalue weighted by atomic mass is 9.96. The number of nitrogens with zero attached hydrogens (tertiary/aromatic N) is 4. The highest BCUT2D eigenvalue weighted by atomic mass is 16.5. The van der Waals surface area contributed by atoms with E-state index in [2.05, 4.69) is 15.1 Å². The van der Waals surface area contributed by atoms with E-state index < -0.39 is 0 Å². The molecule has 2 aromatic rings. The minimum absolute atomic E-state index is 0.0457. The number of piperidine rings is 1. The van der Waals surface area contributed by atoms with Crippen LogP contribution in [-0.4, -0.2) is 52.2 Å². The van der Waals surface area contributed by atoms with Gasteiger partial charge in [-0.2, -0.15) is 4.98 Å². The molecule has 0 N–H and O–H groups in total. The molecule has 26 heavy (non-hydrogen) atoms.